The molecule has 0 spiro atoms. The summed E-state index contributed by atoms with van der Waals surface area (Å²) in [6, 6.07) is 6.69. The van der Waals surface area contributed by atoms with E-state index in [1.165, 1.54) is 60.9 Å². The highest BCUT2D eigenvalue weighted by atomic mass is 79.9. The van der Waals surface area contributed by atoms with Gasteiger partial charge in [0.15, 0.2) is 0 Å². The van der Waals surface area contributed by atoms with Gasteiger partial charge in [-0.15, -0.1) is 0 Å². The van der Waals surface area contributed by atoms with Crippen molar-refractivity contribution in [1.29, 1.82) is 0 Å². The normalized spacial score (nSPS) is 17.6. The monoisotopic (exact) mass is 359 g/mol. The van der Waals surface area contributed by atoms with E-state index in [-0.39, 0.29) is 0 Å². The van der Waals surface area contributed by atoms with Crippen molar-refractivity contribution in [1.82, 2.24) is 0 Å². The minimum absolute atomic E-state index is 0.922. The Morgan fingerprint density at radius 2 is 1.65 bits per heavy atom. The molecule has 1 heterocycles. The van der Waals surface area contributed by atoms with E-state index in [1.807, 2.05) is 0 Å². The number of benzene rings is 1. The van der Waals surface area contributed by atoms with Crippen molar-refractivity contribution in [3.8, 4) is 0 Å². The fraction of sp³-hybridized carbons (Fsp3) is 0.571. The molecule has 3 heteroatoms. The quantitative estimate of drug-likeness (QED) is 0.662. The summed E-state index contributed by atoms with van der Waals surface area (Å²) >= 11 is 7.21. The Morgan fingerprint density at radius 3 is 2.24 bits per heavy atom. The SMILES string of the molecule is BrCc1ccc(N2CCCCCCC2)c(Br)c1. The molecule has 1 saturated heterocycles. The first-order chi connectivity index (χ1) is 8.31. The first kappa shape index (κ1) is 13.4. The number of alkyl halides is 1. The molecule has 1 aromatic rings. The van der Waals surface area contributed by atoms with Crippen molar-refractivity contribution in [3.05, 3.63) is 28.2 Å². The van der Waals surface area contributed by atoms with E-state index in [0.717, 1.165) is 5.33 Å². The van der Waals surface area contributed by atoms with Gasteiger partial charge < -0.3 is 4.90 Å². The van der Waals surface area contributed by atoms with Gasteiger partial charge in [-0.25, -0.2) is 0 Å². The number of nitrogens with zero attached hydrogens (tertiary/aromatic N) is 1. The van der Waals surface area contributed by atoms with Crippen LogP contribution in [0.4, 0.5) is 5.69 Å². The van der Waals surface area contributed by atoms with E-state index >= 15 is 0 Å². The minimum atomic E-state index is 0.922. The van der Waals surface area contributed by atoms with Gasteiger partial charge in [-0.2, -0.15) is 0 Å². The number of hydrogen-bond donors (Lipinski definition) is 0. The lowest BCUT2D eigenvalue weighted by molar-refractivity contribution is 0.556. The highest BCUT2D eigenvalue weighted by Gasteiger charge is 2.12. The second kappa shape index (κ2) is 6.79. The average Bonchev–Trinajstić information content (AvgIpc) is 2.29. The van der Waals surface area contributed by atoms with Crippen molar-refractivity contribution in [2.45, 2.75) is 37.4 Å². The second-order valence-electron chi connectivity index (χ2n) is 4.67. The molecule has 0 saturated carbocycles. The van der Waals surface area contributed by atoms with Crippen molar-refractivity contribution < 1.29 is 0 Å². The fourth-order valence-electron chi connectivity index (χ4n) is 2.38. The topological polar surface area (TPSA) is 3.24 Å². The van der Waals surface area contributed by atoms with Gasteiger partial charge in [0.2, 0.25) is 0 Å². The zero-order chi connectivity index (χ0) is 12.1. The van der Waals surface area contributed by atoms with Crippen LogP contribution in [0.25, 0.3) is 0 Å². The average molecular weight is 361 g/mol. The fourth-order valence-corrected chi connectivity index (χ4v) is 3.40. The maximum atomic E-state index is 3.71. The lowest BCUT2D eigenvalue weighted by atomic mass is 10.1. The summed E-state index contributed by atoms with van der Waals surface area (Å²) in [5.74, 6) is 0. The van der Waals surface area contributed by atoms with Crippen LogP contribution in [-0.2, 0) is 5.33 Å². The molecule has 0 N–H and O–H groups in total. The molecule has 0 bridgehead atoms. The zero-order valence-corrected chi connectivity index (χ0v) is 13.3. The smallest absolute Gasteiger partial charge is 0.0510 e. The second-order valence-corrected chi connectivity index (χ2v) is 6.09. The maximum absolute atomic E-state index is 3.71. The van der Waals surface area contributed by atoms with Gasteiger partial charge in [-0.3, -0.25) is 0 Å². The summed E-state index contributed by atoms with van der Waals surface area (Å²) in [6.45, 7) is 2.40. The lowest BCUT2D eigenvalue weighted by Gasteiger charge is -2.28. The third-order valence-electron chi connectivity index (χ3n) is 3.36. The van der Waals surface area contributed by atoms with Gasteiger partial charge in [-0.05, 0) is 46.5 Å². The third kappa shape index (κ3) is 3.72. The molecular formula is C14H19Br2N. The van der Waals surface area contributed by atoms with Crippen LogP contribution < -0.4 is 4.90 Å². The molecule has 0 amide bonds. The van der Waals surface area contributed by atoms with Gasteiger partial charge >= 0.3 is 0 Å². The molecule has 94 valence electrons. The Bertz CT molecular complexity index is 357. The molecule has 1 aromatic carbocycles. The predicted octanol–water partition coefficient (Wildman–Crippen LogP) is 5.11. The standard InChI is InChI=1S/C14H19Br2N/c15-11-12-6-7-14(13(16)10-12)17-8-4-2-1-3-5-9-17/h6-7,10H,1-5,8-9,11H2. The van der Waals surface area contributed by atoms with Gasteiger partial charge in [-0.1, -0.05) is 41.3 Å². The molecule has 0 aliphatic carbocycles. The lowest BCUT2D eigenvalue weighted by Crippen LogP contribution is -2.27. The van der Waals surface area contributed by atoms with Gasteiger partial charge in [0.25, 0.3) is 0 Å². The molecule has 1 nitrogen and oxygen atoms in total. The number of halogens is 2. The molecule has 0 radical (unpaired) electrons. The maximum Gasteiger partial charge on any atom is 0.0510 e. The Labute approximate surface area is 121 Å². The Balaban J connectivity index is 2.13. The van der Waals surface area contributed by atoms with Crippen LogP contribution in [0.5, 0.6) is 0 Å². The van der Waals surface area contributed by atoms with Crippen LogP contribution >= 0.6 is 31.9 Å². The molecule has 17 heavy (non-hydrogen) atoms. The summed E-state index contributed by atoms with van der Waals surface area (Å²) in [4.78, 5) is 2.53. The van der Waals surface area contributed by atoms with Crippen molar-refractivity contribution in [3.63, 3.8) is 0 Å². The first-order valence-corrected chi connectivity index (χ1v) is 8.32. The summed E-state index contributed by atoms with van der Waals surface area (Å²) in [6.07, 6.45) is 6.83. The molecule has 0 aromatic heterocycles. The van der Waals surface area contributed by atoms with E-state index in [4.69, 9.17) is 0 Å². The minimum Gasteiger partial charge on any atom is -0.371 e. The number of hydrogen-bond acceptors (Lipinski definition) is 1. The largest absolute Gasteiger partial charge is 0.371 e. The summed E-state index contributed by atoms with van der Waals surface area (Å²) < 4.78 is 1.23. The Hall–Kier alpha value is -0.0200. The van der Waals surface area contributed by atoms with E-state index in [0.29, 0.717) is 0 Å². The van der Waals surface area contributed by atoms with E-state index in [1.54, 1.807) is 0 Å². The zero-order valence-electron chi connectivity index (χ0n) is 10.1. The van der Waals surface area contributed by atoms with E-state index in [9.17, 15) is 0 Å². The van der Waals surface area contributed by atoms with Gasteiger partial charge in [0.05, 0.1) is 5.69 Å². The van der Waals surface area contributed by atoms with Crippen molar-refractivity contribution >= 4 is 37.5 Å². The Kier molecular flexibility index (Phi) is 5.36. The molecule has 0 unspecified atom stereocenters. The third-order valence-corrected chi connectivity index (χ3v) is 4.65. The molecular weight excluding hydrogens is 342 g/mol. The molecule has 2 rings (SSSR count). The van der Waals surface area contributed by atoms with Gasteiger partial charge in [0.1, 0.15) is 0 Å². The number of anilines is 1. The van der Waals surface area contributed by atoms with Crippen LogP contribution in [0.3, 0.4) is 0 Å². The molecule has 1 aliphatic rings. The summed E-state index contributed by atoms with van der Waals surface area (Å²) in [5, 5.41) is 0.922. The molecule has 0 atom stereocenters. The molecule has 1 fully saturated rings. The highest BCUT2D eigenvalue weighted by molar-refractivity contribution is 9.10. The van der Waals surface area contributed by atoms with E-state index in [2.05, 4.69) is 55.0 Å². The molecule has 1 aliphatic heterocycles. The van der Waals surface area contributed by atoms with Crippen LogP contribution in [-0.4, -0.2) is 13.1 Å². The van der Waals surface area contributed by atoms with E-state index < -0.39 is 0 Å². The summed E-state index contributed by atoms with van der Waals surface area (Å²) in [7, 11) is 0. The Morgan fingerprint density at radius 1 is 1.00 bits per heavy atom. The van der Waals surface area contributed by atoms with Crippen molar-refractivity contribution in [2.75, 3.05) is 18.0 Å². The van der Waals surface area contributed by atoms with Crippen LogP contribution in [0, 0.1) is 0 Å². The van der Waals surface area contributed by atoms with Crippen molar-refractivity contribution in [2.24, 2.45) is 0 Å². The number of rotatable bonds is 2. The van der Waals surface area contributed by atoms with Gasteiger partial charge in [0, 0.05) is 22.9 Å². The summed E-state index contributed by atoms with van der Waals surface area (Å²) in [5.41, 5.74) is 2.68. The van der Waals surface area contributed by atoms with Crippen LogP contribution in [0.15, 0.2) is 22.7 Å². The van der Waals surface area contributed by atoms with Crippen LogP contribution in [0.2, 0.25) is 0 Å². The highest BCUT2D eigenvalue weighted by Crippen LogP contribution is 2.29. The predicted molar refractivity (Wildman–Crippen MR) is 82.1 cm³/mol. The van der Waals surface area contributed by atoms with Crippen LogP contribution in [0.1, 0.15) is 37.7 Å². The first-order valence-electron chi connectivity index (χ1n) is 6.40.